The quantitative estimate of drug-likeness (QED) is 0.781. The van der Waals surface area contributed by atoms with Crippen LogP contribution in [0, 0.1) is 11.7 Å². The molecule has 1 N–H and O–H groups in total. The summed E-state index contributed by atoms with van der Waals surface area (Å²) in [5, 5.41) is 2.72. The van der Waals surface area contributed by atoms with Crippen molar-refractivity contribution in [2.75, 3.05) is 13.2 Å². The van der Waals surface area contributed by atoms with Crippen LogP contribution in [0.3, 0.4) is 0 Å². The summed E-state index contributed by atoms with van der Waals surface area (Å²) < 4.78 is 22.5. The first-order valence-electron chi connectivity index (χ1n) is 6.72. The summed E-state index contributed by atoms with van der Waals surface area (Å²) in [4.78, 5) is 22.9. The molecule has 0 radical (unpaired) electrons. The van der Waals surface area contributed by atoms with E-state index in [0.29, 0.717) is 11.7 Å². The molecule has 21 heavy (non-hydrogen) atoms. The van der Waals surface area contributed by atoms with Crippen LogP contribution in [0.25, 0.3) is 0 Å². The van der Waals surface area contributed by atoms with Gasteiger partial charge in [0.2, 0.25) is 0 Å². The maximum Gasteiger partial charge on any atom is 0.344 e. The number of benzene rings is 1. The number of hydrogen-bond donors (Lipinski definition) is 1. The van der Waals surface area contributed by atoms with Gasteiger partial charge in [-0.2, -0.15) is 0 Å². The van der Waals surface area contributed by atoms with E-state index in [-0.39, 0.29) is 31.0 Å². The highest BCUT2D eigenvalue weighted by molar-refractivity contribution is 5.81. The number of carbonyl (C=O) groups is 2. The van der Waals surface area contributed by atoms with Gasteiger partial charge in [0.1, 0.15) is 11.6 Å². The third-order valence-electron chi connectivity index (χ3n) is 2.92. The van der Waals surface area contributed by atoms with Crippen LogP contribution in [0.15, 0.2) is 24.3 Å². The van der Waals surface area contributed by atoms with Crippen molar-refractivity contribution in [1.82, 2.24) is 5.32 Å². The van der Waals surface area contributed by atoms with E-state index in [0.717, 1.165) is 0 Å². The van der Waals surface area contributed by atoms with Gasteiger partial charge in [-0.25, -0.2) is 9.18 Å². The molecule has 0 aliphatic carbocycles. The van der Waals surface area contributed by atoms with Gasteiger partial charge in [-0.1, -0.05) is 13.8 Å². The first kappa shape index (κ1) is 16.9. The molecule has 116 valence electrons. The van der Waals surface area contributed by atoms with Gasteiger partial charge < -0.3 is 14.8 Å². The van der Waals surface area contributed by atoms with Crippen molar-refractivity contribution in [2.24, 2.45) is 5.92 Å². The molecule has 0 heterocycles. The van der Waals surface area contributed by atoms with Crippen molar-refractivity contribution in [3.8, 4) is 5.75 Å². The lowest BCUT2D eigenvalue weighted by Crippen LogP contribution is -2.39. The number of ether oxygens (including phenoxy) is 2. The predicted molar refractivity (Wildman–Crippen MR) is 75.3 cm³/mol. The minimum atomic E-state index is -0.660. The van der Waals surface area contributed by atoms with E-state index in [1.54, 1.807) is 0 Å². The largest absolute Gasteiger partial charge is 0.482 e. The molecule has 1 aromatic rings. The van der Waals surface area contributed by atoms with Crippen LogP contribution in [-0.2, 0) is 14.3 Å². The molecule has 1 amide bonds. The summed E-state index contributed by atoms with van der Waals surface area (Å²) in [6.07, 6.45) is 0. The summed E-state index contributed by atoms with van der Waals surface area (Å²) in [5.74, 6) is -0.753. The van der Waals surface area contributed by atoms with Crippen molar-refractivity contribution in [3.63, 3.8) is 0 Å². The lowest BCUT2D eigenvalue weighted by Gasteiger charge is -2.17. The molecule has 0 saturated heterocycles. The Morgan fingerprint density at radius 2 is 1.76 bits per heavy atom. The number of halogens is 1. The van der Waals surface area contributed by atoms with Crippen LogP contribution in [-0.4, -0.2) is 31.1 Å². The number of nitrogens with one attached hydrogen (secondary N) is 1. The first-order valence-corrected chi connectivity index (χ1v) is 6.72. The Bertz CT molecular complexity index is 473. The van der Waals surface area contributed by atoms with Gasteiger partial charge in [-0.05, 0) is 37.1 Å². The van der Waals surface area contributed by atoms with E-state index < -0.39 is 5.97 Å². The Morgan fingerprint density at radius 1 is 1.14 bits per heavy atom. The highest BCUT2D eigenvalue weighted by atomic mass is 19.1. The zero-order chi connectivity index (χ0) is 15.8. The second-order valence-corrected chi connectivity index (χ2v) is 5.00. The van der Waals surface area contributed by atoms with E-state index in [9.17, 15) is 14.0 Å². The minimum absolute atomic E-state index is 0.00617. The summed E-state index contributed by atoms with van der Waals surface area (Å²) >= 11 is 0. The van der Waals surface area contributed by atoms with Gasteiger partial charge in [0, 0.05) is 6.04 Å². The monoisotopic (exact) mass is 297 g/mol. The van der Waals surface area contributed by atoms with Crippen molar-refractivity contribution in [3.05, 3.63) is 30.1 Å². The van der Waals surface area contributed by atoms with Crippen molar-refractivity contribution >= 4 is 11.9 Å². The van der Waals surface area contributed by atoms with Crippen molar-refractivity contribution < 1.29 is 23.5 Å². The normalized spacial score (nSPS) is 11.9. The van der Waals surface area contributed by atoms with Crippen molar-refractivity contribution in [1.29, 1.82) is 0 Å². The molecule has 0 aliphatic heterocycles. The molecular formula is C15H20FNO4. The average molecular weight is 297 g/mol. The molecule has 0 unspecified atom stereocenters. The number of rotatable bonds is 7. The number of hydrogen-bond acceptors (Lipinski definition) is 4. The Hall–Kier alpha value is -2.11. The molecule has 0 aliphatic rings. The SMILES string of the molecule is CC(C)[C@@H](C)NC(=O)COC(=O)COc1ccc(F)cc1. The maximum atomic E-state index is 12.7. The smallest absolute Gasteiger partial charge is 0.344 e. The third-order valence-corrected chi connectivity index (χ3v) is 2.92. The molecule has 1 aromatic carbocycles. The molecule has 6 heteroatoms. The van der Waals surface area contributed by atoms with Crippen LogP contribution < -0.4 is 10.1 Å². The number of amides is 1. The van der Waals surface area contributed by atoms with E-state index in [4.69, 9.17) is 9.47 Å². The van der Waals surface area contributed by atoms with Crippen molar-refractivity contribution in [2.45, 2.75) is 26.8 Å². The van der Waals surface area contributed by atoms with Gasteiger partial charge >= 0.3 is 5.97 Å². The van der Waals surface area contributed by atoms with Gasteiger partial charge in [-0.3, -0.25) is 4.79 Å². The predicted octanol–water partition coefficient (Wildman–Crippen LogP) is 1.91. The second kappa shape index (κ2) is 8.24. The Kier molecular flexibility index (Phi) is 6.65. The van der Waals surface area contributed by atoms with E-state index in [2.05, 4.69) is 5.32 Å². The van der Waals surface area contributed by atoms with Gasteiger partial charge in [-0.15, -0.1) is 0 Å². The Labute approximate surface area is 123 Å². The molecule has 0 fully saturated rings. The zero-order valence-electron chi connectivity index (χ0n) is 12.4. The molecule has 0 aromatic heterocycles. The van der Waals surface area contributed by atoms with Crippen LogP contribution in [0.5, 0.6) is 5.75 Å². The minimum Gasteiger partial charge on any atom is -0.482 e. The van der Waals surface area contributed by atoms with Gasteiger partial charge in [0.05, 0.1) is 0 Å². The van der Waals surface area contributed by atoms with Gasteiger partial charge in [0.15, 0.2) is 13.2 Å². The fourth-order valence-electron chi connectivity index (χ4n) is 1.32. The summed E-state index contributed by atoms with van der Waals surface area (Å²) in [6.45, 7) is 5.16. The second-order valence-electron chi connectivity index (χ2n) is 5.00. The maximum absolute atomic E-state index is 12.7. The van der Waals surface area contributed by atoms with Crippen LogP contribution in [0.4, 0.5) is 4.39 Å². The van der Waals surface area contributed by atoms with Crippen LogP contribution >= 0.6 is 0 Å². The molecule has 0 spiro atoms. The lowest BCUT2D eigenvalue weighted by molar-refractivity contribution is -0.150. The third kappa shape index (κ3) is 6.74. The number of esters is 1. The number of carbonyl (C=O) groups excluding carboxylic acids is 2. The molecule has 1 atom stereocenters. The molecule has 5 nitrogen and oxygen atoms in total. The summed E-state index contributed by atoms with van der Waals surface area (Å²) in [7, 11) is 0. The lowest BCUT2D eigenvalue weighted by atomic mass is 10.1. The molecule has 0 bridgehead atoms. The van der Waals surface area contributed by atoms with Gasteiger partial charge in [0.25, 0.3) is 5.91 Å². The topological polar surface area (TPSA) is 64.6 Å². The Balaban J connectivity index is 2.25. The molecule has 1 rings (SSSR count). The fraction of sp³-hybridized carbons (Fsp3) is 0.467. The van der Waals surface area contributed by atoms with Crippen LogP contribution in [0.1, 0.15) is 20.8 Å². The summed E-state index contributed by atoms with van der Waals surface area (Å²) in [6, 6.07) is 5.26. The molecule has 0 saturated carbocycles. The average Bonchev–Trinajstić information content (AvgIpc) is 2.44. The molecular weight excluding hydrogens is 277 g/mol. The first-order chi connectivity index (χ1) is 9.88. The highest BCUT2D eigenvalue weighted by Gasteiger charge is 2.13. The summed E-state index contributed by atoms with van der Waals surface area (Å²) in [5.41, 5.74) is 0. The zero-order valence-corrected chi connectivity index (χ0v) is 12.4. The highest BCUT2D eigenvalue weighted by Crippen LogP contribution is 2.10. The van der Waals surface area contributed by atoms with E-state index in [1.165, 1.54) is 24.3 Å². The van der Waals surface area contributed by atoms with E-state index in [1.807, 2.05) is 20.8 Å². The van der Waals surface area contributed by atoms with Crippen LogP contribution in [0.2, 0.25) is 0 Å². The fourth-order valence-corrected chi connectivity index (χ4v) is 1.32. The Morgan fingerprint density at radius 3 is 2.33 bits per heavy atom. The standard InChI is InChI=1S/C15H20FNO4/c1-10(2)11(3)17-14(18)8-21-15(19)9-20-13-6-4-12(16)5-7-13/h4-7,10-11H,8-9H2,1-3H3,(H,17,18)/t11-/m1/s1. The van der Waals surface area contributed by atoms with E-state index >= 15 is 0 Å².